The van der Waals surface area contributed by atoms with Crippen LogP contribution in [-0.4, -0.2) is 23.5 Å². The van der Waals surface area contributed by atoms with Crippen molar-refractivity contribution in [2.45, 2.75) is 6.92 Å². The Balaban J connectivity index is 1.89. The maximum Gasteiger partial charge on any atom is 0.270 e. The van der Waals surface area contributed by atoms with Gasteiger partial charge in [-0.3, -0.25) is 19.4 Å². The minimum Gasteiger partial charge on any atom is -0.493 e. The highest BCUT2D eigenvalue weighted by molar-refractivity contribution is 9.10. The molecule has 32 heavy (non-hydrogen) atoms. The van der Waals surface area contributed by atoms with Crippen molar-refractivity contribution in [3.05, 3.63) is 94.5 Å². The number of anilines is 2. The quantitative estimate of drug-likeness (QED) is 0.257. The Kier molecular flexibility index (Phi) is 6.48. The highest BCUT2D eigenvalue weighted by atomic mass is 79.9. The summed E-state index contributed by atoms with van der Waals surface area (Å²) in [7, 11) is 0. The smallest absolute Gasteiger partial charge is 0.270 e. The molecule has 4 rings (SSSR count). The number of halogens is 1. The van der Waals surface area contributed by atoms with Gasteiger partial charge in [0.25, 0.3) is 11.8 Å². The number of ether oxygens (including phenoxy) is 1. The molecule has 1 aliphatic heterocycles. The van der Waals surface area contributed by atoms with Crippen molar-refractivity contribution in [3.63, 3.8) is 0 Å². The van der Waals surface area contributed by atoms with Gasteiger partial charge < -0.3 is 4.74 Å². The average Bonchev–Trinajstić information content (AvgIpc) is 2.80. The Morgan fingerprint density at radius 2 is 1.41 bits per heavy atom. The Morgan fingerprint density at radius 3 is 1.91 bits per heavy atom. The van der Waals surface area contributed by atoms with Crippen molar-refractivity contribution in [1.82, 2.24) is 0 Å². The minimum atomic E-state index is -0.485. The third-order valence-corrected chi connectivity index (χ3v) is 5.71. The first-order chi connectivity index (χ1) is 15.5. The molecule has 0 N–H and O–H groups in total. The highest BCUT2D eigenvalue weighted by Gasteiger charge is 2.41. The molecule has 1 fully saturated rings. The van der Waals surface area contributed by atoms with Crippen molar-refractivity contribution in [3.8, 4) is 5.75 Å². The normalized spacial score (nSPS) is 14.1. The van der Waals surface area contributed by atoms with Gasteiger partial charge in [-0.25, -0.2) is 0 Å². The van der Waals surface area contributed by atoms with Gasteiger partial charge in [0.15, 0.2) is 5.11 Å². The summed E-state index contributed by atoms with van der Waals surface area (Å²) in [6.45, 7) is 2.33. The molecule has 5 nitrogen and oxygen atoms in total. The van der Waals surface area contributed by atoms with Gasteiger partial charge in [-0.05, 0) is 67.7 Å². The van der Waals surface area contributed by atoms with Crippen LogP contribution in [-0.2, 0) is 9.59 Å². The Hall–Kier alpha value is -3.29. The van der Waals surface area contributed by atoms with E-state index in [4.69, 9.17) is 17.0 Å². The average molecular weight is 507 g/mol. The zero-order valence-electron chi connectivity index (χ0n) is 17.2. The standard InChI is InChI=1S/C25H19BrN2O3S/c1-2-31-22-14-13-18(26)15-17(22)16-21-23(29)27(19-9-5-3-6-10-19)25(32)28(24(21)30)20-11-7-4-8-12-20/h3-16H,2H2,1H3. The zero-order valence-corrected chi connectivity index (χ0v) is 19.6. The second-order valence-corrected chi connectivity index (χ2v) is 8.19. The fraction of sp³-hybridized carbons (Fsp3) is 0.0800. The topological polar surface area (TPSA) is 49.9 Å². The molecule has 0 saturated carbocycles. The molecule has 0 radical (unpaired) electrons. The fourth-order valence-electron chi connectivity index (χ4n) is 3.41. The number of carbonyl (C=O) groups excluding carboxylic acids is 2. The number of hydrogen-bond donors (Lipinski definition) is 0. The van der Waals surface area contributed by atoms with E-state index < -0.39 is 11.8 Å². The minimum absolute atomic E-state index is 0.00893. The molecule has 0 aromatic heterocycles. The summed E-state index contributed by atoms with van der Waals surface area (Å²) in [6.07, 6.45) is 1.56. The lowest BCUT2D eigenvalue weighted by Crippen LogP contribution is -2.56. The Labute approximate surface area is 200 Å². The van der Waals surface area contributed by atoms with Crippen LogP contribution < -0.4 is 14.5 Å². The number of benzene rings is 3. The van der Waals surface area contributed by atoms with Crippen molar-refractivity contribution >= 4 is 62.5 Å². The summed E-state index contributed by atoms with van der Waals surface area (Å²) in [5.74, 6) is -0.393. The van der Waals surface area contributed by atoms with E-state index in [2.05, 4.69) is 15.9 Å². The van der Waals surface area contributed by atoms with Crippen LogP contribution in [0.5, 0.6) is 5.75 Å². The van der Waals surface area contributed by atoms with Crippen LogP contribution in [0.25, 0.3) is 6.08 Å². The van der Waals surface area contributed by atoms with Gasteiger partial charge in [0.2, 0.25) is 0 Å². The summed E-state index contributed by atoms with van der Waals surface area (Å²) in [6, 6.07) is 23.6. The molecule has 160 valence electrons. The van der Waals surface area contributed by atoms with Gasteiger partial charge in [0.05, 0.1) is 18.0 Å². The molecule has 0 aliphatic carbocycles. The number of thiocarbonyl (C=S) groups is 1. The molecule has 0 bridgehead atoms. The summed E-state index contributed by atoms with van der Waals surface area (Å²) in [5, 5.41) is 0.105. The molecule has 1 saturated heterocycles. The first-order valence-electron chi connectivity index (χ1n) is 9.98. The number of para-hydroxylation sites is 2. The van der Waals surface area contributed by atoms with Gasteiger partial charge in [-0.2, -0.15) is 0 Å². The lowest BCUT2D eigenvalue weighted by atomic mass is 10.0. The number of carbonyl (C=O) groups is 2. The van der Waals surface area contributed by atoms with Crippen molar-refractivity contribution in [2.75, 3.05) is 16.4 Å². The highest BCUT2D eigenvalue weighted by Crippen LogP contribution is 2.32. The predicted octanol–water partition coefficient (Wildman–Crippen LogP) is 5.60. The Morgan fingerprint density at radius 1 is 0.875 bits per heavy atom. The van der Waals surface area contributed by atoms with E-state index in [9.17, 15) is 9.59 Å². The van der Waals surface area contributed by atoms with E-state index in [1.807, 2.05) is 55.5 Å². The molecule has 0 spiro atoms. The van der Waals surface area contributed by atoms with Crippen molar-refractivity contribution < 1.29 is 14.3 Å². The van der Waals surface area contributed by atoms with Gasteiger partial charge in [0.1, 0.15) is 11.3 Å². The molecule has 1 aliphatic rings. The maximum absolute atomic E-state index is 13.6. The van der Waals surface area contributed by atoms with Gasteiger partial charge in [-0.15, -0.1) is 0 Å². The van der Waals surface area contributed by atoms with Crippen molar-refractivity contribution in [1.29, 1.82) is 0 Å². The predicted molar refractivity (Wildman–Crippen MR) is 134 cm³/mol. The maximum atomic E-state index is 13.6. The SMILES string of the molecule is CCOc1ccc(Br)cc1C=C1C(=O)N(c2ccccc2)C(=S)N(c2ccccc2)C1=O. The van der Waals surface area contributed by atoms with Crippen LogP contribution in [0.3, 0.4) is 0 Å². The largest absolute Gasteiger partial charge is 0.493 e. The number of hydrogen-bond acceptors (Lipinski definition) is 4. The van der Waals surface area contributed by atoms with E-state index in [1.165, 1.54) is 9.80 Å². The lowest BCUT2D eigenvalue weighted by molar-refractivity contribution is -0.120. The molecule has 7 heteroatoms. The first-order valence-corrected chi connectivity index (χ1v) is 11.2. The van der Waals surface area contributed by atoms with E-state index >= 15 is 0 Å². The van der Waals surface area contributed by atoms with Gasteiger partial charge >= 0.3 is 0 Å². The Bertz CT molecular complexity index is 1150. The number of rotatable bonds is 5. The second kappa shape index (κ2) is 9.46. The third kappa shape index (κ3) is 4.22. The molecular formula is C25H19BrN2O3S. The summed E-state index contributed by atoms with van der Waals surface area (Å²) < 4.78 is 6.51. The van der Waals surface area contributed by atoms with Crippen LogP contribution >= 0.6 is 28.1 Å². The fourth-order valence-corrected chi connectivity index (χ4v) is 4.17. The first kappa shape index (κ1) is 21.9. The molecule has 2 amide bonds. The molecule has 0 unspecified atom stereocenters. The summed E-state index contributed by atoms with van der Waals surface area (Å²) >= 11 is 9.08. The zero-order chi connectivity index (χ0) is 22.7. The van der Waals surface area contributed by atoms with E-state index in [0.717, 1.165) is 4.47 Å². The van der Waals surface area contributed by atoms with Crippen LogP contribution in [0.2, 0.25) is 0 Å². The molecule has 3 aromatic carbocycles. The molecular weight excluding hydrogens is 488 g/mol. The van der Waals surface area contributed by atoms with Crippen LogP contribution in [0.15, 0.2) is 88.9 Å². The van der Waals surface area contributed by atoms with Crippen LogP contribution in [0, 0.1) is 0 Å². The molecule has 0 atom stereocenters. The summed E-state index contributed by atoms with van der Waals surface area (Å²) in [4.78, 5) is 29.9. The van der Waals surface area contributed by atoms with Crippen molar-refractivity contribution in [2.24, 2.45) is 0 Å². The van der Waals surface area contributed by atoms with Crippen LogP contribution in [0.1, 0.15) is 12.5 Å². The summed E-state index contributed by atoms with van der Waals surface area (Å²) in [5.41, 5.74) is 1.78. The molecule has 3 aromatic rings. The number of nitrogens with zero attached hydrogens (tertiary/aromatic N) is 2. The number of amides is 2. The monoisotopic (exact) mass is 506 g/mol. The molecule has 1 heterocycles. The van der Waals surface area contributed by atoms with E-state index in [1.54, 1.807) is 36.4 Å². The van der Waals surface area contributed by atoms with E-state index in [-0.39, 0.29) is 10.7 Å². The van der Waals surface area contributed by atoms with Gasteiger partial charge in [0, 0.05) is 10.0 Å². The van der Waals surface area contributed by atoms with Gasteiger partial charge in [-0.1, -0.05) is 52.3 Å². The second-order valence-electron chi connectivity index (χ2n) is 6.91. The van der Waals surface area contributed by atoms with E-state index in [0.29, 0.717) is 29.3 Å². The van der Waals surface area contributed by atoms with Crippen LogP contribution in [0.4, 0.5) is 11.4 Å². The third-order valence-electron chi connectivity index (χ3n) is 4.85. The lowest BCUT2D eigenvalue weighted by Gasteiger charge is -2.36.